The fourth-order valence-electron chi connectivity index (χ4n) is 3.20. The van der Waals surface area contributed by atoms with Crippen molar-refractivity contribution >= 4 is 11.6 Å². The summed E-state index contributed by atoms with van der Waals surface area (Å²) in [5.41, 5.74) is 1.23. The molecule has 2 rings (SSSR count). The van der Waals surface area contributed by atoms with Crippen LogP contribution in [0.1, 0.15) is 27.7 Å². The first-order valence-corrected chi connectivity index (χ1v) is 8.54. The number of carbonyl (C=O) groups excluding carboxylic acids is 2. The van der Waals surface area contributed by atoms with E-state index in [1.807, 2.05) is 32.0 Å². The molecule has 0 aromatic heterocycles. The van der Waals surface area contributed by atoms with Crippen molar-refractivity contribution in [1.82, 2.24) is 0 Å². The van der Waals surface area contributed by atoms with Crippen molar-refractivity contribution in [2.75, 3.05) is 13.2 Å². The van der Waals surface area contributed by atoms with Crippen molar-refractivity contribution in [3.8, 4) is 17.6 Å². The highest BCUT2D eigenvalue weighted by molar-refractivity contribution is 6.15. The molecule has 1 unspecified atom stereocenters. The summed E-state index contributed by atoms with van der Waals surface area (Å²) in [5.74, 6) is 5.34. The van der Waals surface area contributed by atoms with Gasteiger partial charge in [-0.2, -0.15) is 0 Å². The highest BCUT2D eigenvalue weighted by atomic mass is 16.5. The van der Waals surface area contributed by atoms with Crippen molar-refractivity contribution < 1.29 is 19.4 Å². The van der Waals surface area contributed by atoms with E-state index in [1.165, 1.54) is 0 Å². The third-order valence-electron chi connectivity index (χ3n) is 4.60. The number of aliphatic hydroxyl groups is 1. The zero-order chi connectivity index (χ0) is 19.3. The summed E-state index contributed by atoms with van der Waals surface area (Å²) in [6.07, 6.45) is 1.60. The molecule has 136 valence electrons. The predicted molar refractivity (Wildman–Crippen MR) is 101 cm³/mol. The summed E-state index contributed by atoms with van der Waals surface area (Å²) >= 11 is 0. The summed E-state index contributed by atoms with van der Waals surface area (Å²) in [6, 6.07) is 9.05. The van der Waals surface area contributed by atoms with Gasteiger partial charge in [-0.1, -0.05) is 43.9 Å². The standard InChI is InChI=1S/C22H24O4/c1-15(12-13-23)10-11-18-16(2)21(25)20(22(18,3)4)19(24)14-26-17-8-6-5-7-9-17/h5-9,12,20,23H,13-14H2,1-4H3/b15-12+. The number of hydrogen-bond donors (Lipinski definition) is 1. The zero-order valence-electron chi connectivity index (χ0n) is 15.6. The van der Waals surface area contributed by atoms with Gasteiger partial charge in [0.1, 0.15) is 12.4 Å². The lowest BCUT2D eigenvalue weighted by Gasteiger charge is -2.26. The third kappa shape index (κ3) is 4.12. The Kier molecular flexibility index (Phi) is 6.18. The first-order chi connectivity index (χ1) is 12.3. The zero-order valence-corrected chi connectivity index (χ0v) is 15.6. The number of ether oxygens (including phenoxy) is 1. The minimum atomic E-state index is -0.794. The highest BCUT2D eigenvalue weighted by Crippen LogP contribution is 2.45. The molecule has 4 heteroatoms. The SMILES string of the molecule is CC1=C(C#C/C(C)=C/CO)C(C)(C)C(C(=O)COc2ccccc2)C1=O. The van der Waals surface area contributed by atoms with Crippen LogP contribution in [-0.4, -0.2) is 29.9 Å². The van der Waals surface area contributed by atoms with Gasteiger partial charge in [0.2, 0.25) is 0 Å². The van der Waals surface area contributed by atoms with E-state index in [-0.39, 0.29) is 24.8 Å². The van der Waals surface area contributed by atoms with Crippen LogP contribution in [0.25, 0.3) is 0 Å². The molecule has 26 heavy (non-hydrogen) atoms. The number of allylic oxidation sites excluding steroid dienone is 3. The van der Waals surface area contributed by atoms with Crippen LogP contribution in [0, 0.1) is 23.2 Å². The Morgan fingerprint density at radius 3 is 2.58 bits per heavy atom. The summed E-state index contributed by atoms with van der Waals surface area (Å²) < 4.78 is 5.53. The highest BCUT2D eigenvalue weighted by Gasteiger charge is 2.49. The monoisotopic (exact) mass is 352 g/mol. The molecule has 1 aromatic rings. The maximum absolute atomic E-state index is 12.7. The molecule has 0 saturated carbocycles. The lowest BCUT2D eigenvalue weighted by molar-refractivity contribution is -0.134. The molecule has 0 saturated heterocycles. The second-order valence-corrected chi connectivity index (χ2v) is 6.91. The van der Waals surface area contributed by atoms with Crippen LogP contribution in [0.15, 0.2) is 53.1 Å². The van der Waals surface area contributed by atoms with Gasteiger partial charge >= 0.3 is 0 Å². The number of para-hydroxylation sites is 1. The van der Waals surface area contributed by atoms with Gasteiger partial charge in [-0.3, -0.25) is 9.59 Å². The van der Waals surface area contributed by atoms with Crippen LogP contribution < -0.4 is 4.74 Å². The molecule has 4 nitrogen and oxygen atoms in total. The Balaban J connectivity index is 2.20. The van der Waals surface area contributed by atoms with E-state index in [4.69, 9.17) is 9.84 Å². The van der Waals surface area contributed by atoms with Gasteiger partial charge in [-0.15, -0.1) is 0 Å². The van der Waals surface area contributed by atoms with Crippen molar-refractivity contribution in [3.63, 3.8) is 0 Å². The van der Waals surface area contributed by atoms with Crippen LogP contribution in [0.4, 0.5) is 0 Å². The number of rotatable bonds is 5. The lowest BCUT2D eigenvalue weighted by atomic mass is 9.75. The molecule has 0 fully saturated rings. The molecule has 1 N–H and O–H groups in total. The van der Waals surface area contributed by atoms with E-state index < -0.39 is 11.3 Å². The summed E-state index contributed by atoms with van der Waals surface area (Å²) in [4.78, 5) is 25.4. The van der Waals surface area contributed by atoms with Gasteiger partial charge in [0.05, 0.1) is 12.5 Å². The van der Waals surface area contributed by atoms with Crippen LogP contribution in [0.3, 0.4) is 0 Å². The van der Waals surface area contributed by atoms with E-state index in [2.05, 4.69) is 11.8 Å². The Hall–Kier alpha value is -2.64. The second kappa shape index (κ2) is 8.16. The predicted octanol–water partition coefficient (Wildman–Crippen LogP) is 3.12. The Morgan fingerprint density at radius 1 is 1.31 bits per heavy atom. The van der Waals surface area contributed by atoms with Gasteiger partial charge in [-0.25, -0.2) is 0 Å². The largest absolute Gasteiger partial charge is 0.486 e. The second-order valence-electron chi connectivity index (χ2n) is 6.91. The molecule has 0 aliphatic heterocycles. The normalized spacial score (nSPS) is 19.2. The Bertz CT molecular complexity index is 817. The minimum Gasteiger partial charge on any atom is -0.486 e. The molecule has 0 heterocycles. The van der Waals surface area contributed by atoms with E-state index in [0.717, 1.165) is 5.57 Å². The minimum absolute atomic E-state index is 0.0845. The first-order valence-electron chi connectivity index (χ1n) is 8.54. The van der Waals surface area contributed by atoms with Crippen molar-refractivity contribution in [1.29, 1.82) is 0 Å². The molecule has 1 aliphatic carbocycles. The van der Waals surface area contributed by atoms with E-state index in [0.29, 0.717) is 16.9 Å². The molecule has 1 aliphatic rings. The van der Waals surface area contributed by atoms with Crippen LogP contribution in [-0.2, 0) is 9.59 Å². The summed E-state index contributed by atoms with van der Waals surface area (Å²) in [5, 5.41) is 8.92. The van der Waals surface area contributed by atoms with Crippen molar-refractivity contribution in [3.05, 3.63) is 53.1 Å². The van der Waals surface area contributed by atoms with E-state index in [1.54, 1.807) is 32.1 Å². The molecule has 0 amide bonds. The smallest absolute Gasteiger partial charge is 0.181 e. The first kappa shape index (κ1) is 19.7. The van der Waals surface area contributed by atoms with Crippen LogP contribution in [0.2, 0.25) is 0 Å². The molecule has 0 spiro atoms. The fraction of sp³-hybridized carbons (Fsp3) is 0.364. The van der Waals surface area contributed by atoms with E-state index in [9.17, 15) is 9.59 Å². The molecule has 1 atom stereocenters. The molecule has 0 bridgehead atoms. The molecular weight excluding hydrogens is 328 g/mol. The van der Waals surface area contributed by atoms with Gasteiger partial charge in [0.15, 0.2) is 11.6 Å². The Labute approximate surface area is 154 Å². The molecular formula is C22H24O4. The average Bonchev–Trinajstić information content (AvgIpc) is 2.77. The van der Waals surface area contributed by atoms with Gasteiger partial charge < -0.3 is 9.84 Å². The Morgan fingerprint density at radius 2 is 1.96 bits per heavy atom. The number of ketones is 2. The summed E-state index contributed by atoms with van der Waals surface area (Å²) in [7, 11) is 0. The fourth-order valence-corrected chi connectivity index (χ4v) is 3.20. The molecule has 1 aromatic carbocycles. The lowest BCUT2D eigenvalue weighted by Crippen LogP contribution is -2.36. The van der Waals surface area contributed by atoms with Crippen LogP contribution >= 0.6 is 0 Å². The average molecular weight is 352 g/mol. The third-order valence-corrected chi connectivity index (χ3v) is 4.60. The van der Waals surface area contributed by atoms with Crippen molar-refractivity contribution in [2.24, 2.45) is 11.3 Å². The number of aliphatic hydroxyl groups excluding tert-OH is 1. The number of hydrogen-bond acceptors (Lipinski definition) is 4. The van der Waals surface area contributed by atoms with Gasteiger partial charge in [0.25, 0.3) is 0 Å². The topological polar surface area (TPSA) is 63.6 Å². The number of carbonyl (C=O) groups is 2. The quantitative estimate of drug-likeness (QED) is 0.653. The van der Waals surface area contributed by atoms with Gasteiger partial charge in [-0.05, 0) is 37.6 Å². The van der Waals surface area contributed by atoms with E-state index >= 15 is 0 Å². The van der Waals surface area contributed by atoms with Crippen LogP contribution in [0.5, 0.6) is 5.75 Å². The van der Waals surface area contributed by atoms with Crippen molar-refractivity contribution in [2.45, 2.75) is 27.7 Å². The summed E-state index contributed by atoms with van der Waals surface area (Å²) in [6.45, 7) is 6.99. The van der Waals surface area contributed by atoms with Gasteiger partial charge in [0, 0.05) is 16.6 Å². The number of Topliss-reactive ketones (excluding diaryl/α,β-unsaturated/α-hetero) is 2. The maximum Gasteiger partial charge on any atom is 0.181 e. The maximum atomic E-state index is 12.7. The number of benzene rings is 1. The molecule has 0 radical (unpaired) electrons.